The Morgan fingerprint density at radius 2 is 2.16 bits per heavy atom. The fraction of sp³-hybridized carbons (Fsp3) is 0.421. The minimum Gasteiger partial charge on any atom is -0.468 e. The maximum absolute atomic E-state index is 14.6. The summed E-state index contributed by atoms with van der Waals surface area (Å²) >= 11 is 1.29. The number of carbonyl (C=O) groups excluding carboxylic acids is 1. The van der Waals surface area contributed by atoms with Crippen molar-refractivity contribution in [3.63, 3.8) is 0 Å². The second-order valence-electron chi connectivity index (χ2n) is 6.77. The molecule has 168 valence electrons. The fourth-order valence-corrected chi connectivity index (χ4v) is 5.62. The van der Waals surface area contributed by atoms with Gasteiger partial charge in [0, 0.05) is 11.4 Å². The van der Waals surface area contributed by atoms with E-state index in [0.29, 0.717) is 5.75 Å². The molecule has 12 heteroatoms. The number of thioether (sulfide) groups is 1. The van der Waals surface area contributed by atoms with Crippen LogP contribution in [-0.4, -0.2) is 46.7 Å². The zero-order valence-electron chi connectivity index (χ0n) is 17.0. The van der Waals surface area contributed by atoms with Crippen LogP contribution in [0.3, 0.4) is 0 Å². The Morgan fingerprint density at radius 1 is 1.42 bits per heavy atom. The number of methoxy groups -OCH3 is 1. The molecule has 3 N–H and O–H groups in total. The van der Waals surface area contributed by atoms with Crippen LogP contribution >= 0.6 is 20.3 Å². The number of carbonyl (C=O) groups is 1. The molecule has 1 aliphatic rings. The van der Waals surface area contributed by atoms with Gasteiger partial charge < -0.3 is 19.5 Å². The lowest BCUT2D eigenvalue weighted by Gasteiger charge is -2.22. The highest BCUT2D eigenvalue weighted by Gasteiger charge is 2.38. The van der Waals surface area contributed by atoms with Crippen LogP contribution in [0.1, 0.15) is 18.7 Å². The molecule has 1 aromatic carbocycles. The molecule has 1 aromatic heterocycles. The van der Waals surface area contributed by atoms with Gasteiger partial charge in [-0.25, -0.2) is 14.3 Å². The first kappa shape index (κ1) is 23.5. The smallest absolute Gasteiger partial charge is 0.350 e. The van der Waals surface area contributed by atoms with Crippen LogP contribution in [0.4, 0.5) is 10.2 Å². The van der Waals surface area contributed by atoms with E-state index in [2.05, 4.69) is 10.1 Å². The number of aromatic nitrogens is 2. The first-order valence-corrected chi connectivity index (χ1v) is 11.6. The topological polar surface area (TPSA) is 118 Å². The van der Waals surface area contributed by atoms with Crippen molar-refractivity contribution in [1.29, 1.82) is 0 Å². The molecule has 5 atom stereocenters. The zero-order valence-corrected chi connectivity index (χ0v) is 18.7. The summed E-state index contributed by atoms with van der Waals surface area (Å²) in [6.45, 7) is 1.80. The van der Waals surface area contributed by atoms with Crippen molar-refractivity contribution in [3.05, 3.63) is 53.1 Å². The Hall–Kier alpha value is -2.20. The molecule has 0 aliphatic carbocycles. The lowest BCUT2D eigenvalue weighted by Crippen LogP contribution is -2.33. The zero-order chi connectivity index (χ0) is 22.4. The molecule has 1 aliphatic heterocycles. The van der Waals surface area contributed by atoms with Gasteiger partial charge in [-0.1, -0.05) is 18.2 Å². The van der Waals surface area contributed by atoms with E-state index in [1.54, 1.807) is 19.1 Å². The van der Waals surface area contributed by atoms with Gasteiger partial charge in [0.05, 0.1) is 13.7 Å². The minimum atomic E-state index is -1.71. The predicted octanol–water partition coefficient (Wildman–Crippen LogP) is 2.64. The van der Waals surface area contributed by atoms with Crippen molar-refractivity contribution in [1.82, 2.24) is 14.6 Å². The standard InChI is InChI=1S/C19H24FN4O5PS/c1-12(18(25)27-2)23-30(29-13-6-4-3-5-7-13)28-11-14-10-15(20)17(31-14)24-9-8-16(21)22-19(24)26/h3-9,12,14-15,17,23H,10-11H2,1-2H3,(H2,21,22,26). The summed E-state index contributed by atoms with van der Waals surface area (Å²) in [7, 11) is -0.410. The molecule has 2 heterocycles. The molecule has 5 unspecified atom stereocenters. The summed E-state index contributed by atoms with van der Waals surface area (Å²) in [6, 6.07) is 9.82. The maximum atomic E-state index is 14.6. The largest absolute Gasteiger partial charge is 0.468 e. The van der Waals surface area contributed by atoms with Crippen molar-refractivity contribution in [2.75, 3.05) is 19.5 Å². The number of halogens is 1. The summed E-state index contributed by atoms with van der Waals surface area (Å²) in [4.78, 5) is 27.5. The highest BCUT2D eigenvalue weighted by Crippen LogP contribution is 2.45. The van der Waals surface area contributed by atoms with Crippen LogP contribution < -0.4 is 21.0 Å². The molecule has 0 radical (unpaired) electrons. The number of hydrogen-bond acceptors (Lipinski definition) is 9. The number of alkyl halides is 1. The SMILES string of the molecule is COC(=O)C(C)NP(OCC1CC(F)C(n2ccc(N)nc2=O)S1)Oc1ccccc1. The molecule has 0 amide bonds. The second-order valence-corrected chi connectivity index (χ2v) is 9.41. The van der Waals surface area contributed by atoms with Crippen molar-refractivity contribution in [3.8, 4) is 5.75 Å². The highest BCUT2D eigenvalue weighted by molar-refractivity contribution is 8.00. The van der Waals surface area contributed by atoms with E-state index in [-0.39, 0.29) is 24.1 Å². The summed E-state index contributed by atoms with van der Waals surface area (Å²) in [6.07, 6.45) is 0.404. The average Bonchev–Trinajstić information content (AvgIpc) is 3.12. The fourth-order valence-electron chi connectivity index (χ4n) is 2.88. The van der Waals surface area contributed by atoms with Crippen LogP contribution in [0.15, 0.2) is 47.4 Å². The molecule has 1 fully saturated rings. The van der Waals surface area contributed by atoms with Crippen LogP contribution in [0, 0.1) is 0 Å². The molecule has 1 saturated heterocycles. The van der Waals surface area contributed by atoms with Crippen molar-refractivity contribution >= 4 is 32.1 Å². The number of para-hydroxylation sites is 1. The number of anilines is 1. The summed E-state index contributed by atoms with van der Waals surface area (Å²) in [5.41, 5.74) is 4.91. The number of ether oxygens (including phenoxy) is 1. The second kappa shape index (κ2) is 10.9. The Kier molecular flexibility index (Phi) is 8.25. The van der Waals surface area contributed by atoms with Gasteiger partial charge in [0.2, 0.25) is 0 Å². The van der Waals surface area contributed by atoms with Crippen LogP contribution in [0.25, 0.3) is 0 Å². The number of hydrogen-bond donors (Lipinski definition) is 2. The third-order valence-electron chi connectivity index (χ3n) is 4.42. The third-order valence-corrected chi connectivity index (χ3v) is 7.29. The number of nitrogens with two attached hydrogens (primary N) is 1. The molecule has 3 rings (SSSR count). The van der Waals surface area contributed by atoms with E-state index in [9.17, 15) is 14.0 Å². The van der Waals surface area contributed by atoms with Crippen molar-refractivity contribution < 1.29 is 23.0 Å². The first-order valence-electron chi connectivity index (χ1n) is 9.51. The van der Waals surface area contributed by atoms with E-state index in [1.807, 2.05) is 18.2 Å². The monoisotopic (exact) mass is 470 g/mol. The van der Waals surface area contributed by atoms with Gasteiger partial charge in [-0.2, -0.15) is 4.98 Å². The molecule has 2 aromatic rings. The van der Waals surface area contributed by atoms with Crippen molar-refractivity contribution in [2.45, 2.75) is 36.2 Å². The molecule has 0 bridgehead atoms. The number of nitrogen functional groups attached to an aromatic ring is 1. The van der Waals surface area contributed by atoms with E-state index in [0.717, 1.165) is 0 Å². The molecule has 0 saturated carbocycles. The van der Waals surface area contributed by atoms with Gasteiger partial charge >= 0.3 is 20.2 Å². The van der Waals surface area contributed by atoms with Crippen LogP contribution in [-0.2, 0) is 14.1 Å². The van der Waals surface area contributed by atoms with Gasteiger partial charge in [0.25, 0.3) is 0 Å². The molecular weight excluding hydrogens is 446 g/mol. The van der Waals surface area contributed by atoms with Crippen LogP contribution in [0.2, 0.25) is 0 Å². The van der Waals surface area contributed by atoms with Crippen LogP contribution in [0.5, 0.6) is 5.75 Å². The van der Waals surface area contributed by atoms with Gasteiger partial charge in [-0.15, -0.1) is 11.8 Å². The van der Waals surface area contributed by atoms with Gasteiger partial charge in [0.15, 0.2) is 0 Å². The van der Waals surface area contributed by atoms with Gasteiger partial charge in [0.1, 0.15) is 29.2 Å². The Balaban J connectivity index is 1.63. The van der Waals surface area contributed by atoms with Crippen molar-refractivity contribution in [2.24, 2.45) is 0 Å². The number of esters is 1. The maximum Gasteiger partial charge on any atom is 0.350 e. The number of benzene rings is 1. The lowest BCUT2D eigenvalue weighted by atomic mass is 10.2. The highest BCUT2D eigenvalue weighted by atomic mass is 32.2. The number of nitrogens with one attached hydrogen (secondary N) is 1. The van der Waals surface area contributed by atoms with E-state index < -0.39 is 37.8 Å². The van der Waals surface area contributed by atoms with E-state index >= 15 is 0 Å². The number of nitrogens with zero attached hydrogens (tertiary/aromatic N) is 2. The quantitative estimate of drug-likeness (QED) is 0.421. The molecule has 9 nitrogen and oxygen atoms in total. The first-order chi connectivity index (χ1) is 14.9. The number of rotatable bonds is 9. The Morgan fingerprint density at radius 3 is 2.84 bits per heavy atom. The minimum absolute atomic E-state index is 0.0917. The summed E-state index contributed by atoms with van der Waals surface area (Å²) in [5, 5.41) is 2.04. The predicted molar refractivity (Wildman–Crippen MR) is 117 cm³/mol. The lowest BCUT2D eigenvalue weighted by molar-refractivity contribution is -0.142. The van der Waals surface area contributed by atoms with E-state index in [1.165, 1.54) is 35.7 Å². The molecule has 0 spiro atoms. The normalized spacial score (nSPS) is 22.6. The average molecular weight is 470 g/mol. The molecular formula is C19H24FN4O5PS. The van der Waals surface area contributed by atoms with E-state index in [4.69, 9.17) is 19.5 Å². The Labute approximate surface area is 184 Å². The third kappa shape index (κ3) is 6.39. The summed E-state index contributed by atoms with van der Waals surface area (Å²) in [5.74, 6) is 0.203. The Bertz CT molecular complexity index is 937. The summed E-state index contributed by atoms with van der Waals surface area (Å²) < 4.78 is 32.4. The van der Waals surface area contributed by atoms with Gasteiger partial charge in [-0.05, 0) is 31.5 Å². The molecule has 31 heavy (non-hydrogen) atoms. The van der Waals surface area contributed by atoms with Gasteiger partial charge in [-0.3, -0.25) is 9.36 Å².